The van der Waals surface area contributed by atoms with Gasteiger partial charge in [0.2, 0.25) is 0 Å². The maximum absolute atomic E-state index is 11.5. The largest absolute Gasteiger partial charge is 0.497 e. The number of methoxy groups -OCH3 is 1. The third-order valence-corrected chi connectivity index (χ3v) is 2.20. The molecule has 5 nitrogen and oxygen atoms in total. The Morgan fingerprint density at radius 3 is 2.83 bits per heavy atom. The van der Waals surface area contributed by atoms with Crippen LogP contribution in [0.4, 0.5) is 10.5 Å². The van der Waals surface area contributed by atoms with E-state index in [1.807, 2.05) is 19.9 Å². The molecule has 0 aliphatic heterocycles. The molecule has 1 aromatic carbocycles. The Morgan fingerprint density at radius 1 is 1.39 bits per heavy atom. The number of amides is 1. The highest BCUT2D eigenvalue weighted by atomic mass is 16.5. The minimum Gasteiger partial charge on any atom is -0.497 e. The van der Waals surface area contributed by atoms with Gasteiger partial charge in [0, 0.05) is 24.3 Å². The molecule has 5 heteroatoms. The Labute approximate surface area is 107 Å². The Balaban J connectivity index is 2.30. The number of benzene rings is 1. The van der Waals surface area contributed by atoms with Gasteiger partial charge in [-0.2, -0.15) is 0 Å². The topological polar surface area (TPSA) is 59.6 Å². The molecular formula is C13H20N2O3. The molecule has 0 radical (unpaired) electrons. The molecule has 0 heterocycles. The van der Waals surface area contributed by atoms with Gasteiger partial charge in [-0.15, -0.1) is 0 Å². The van der Waals surface area contributed by atoms with Crippen molar-refractivity contribution < 1.29 is 14.3 Å². The Morgan fingerprint density at radius 2 is 2.17 bits per heavy atom. The summed E-state index contributed by atoms with van der Waals surface area (Å²) in [5.41, 5.74) is 0.649. The van der Waals surface area contributed by atoms with Crippen molar-refractivity contribution in [2.75, 3.05) is 25.6 Å². The summed E-state index contributed by atoms with van der Waals surface area (Å²) >= 11 is 0. The molecule has 0 saturated carbocycles. The summed E-state index contributed by atoms with van der Waals surface area (Å²) in [6, 6.07) is 7.50. The van der Waals surface area contributed by atoms with E-state index < -0.39 is 6.09 Å². The van der Waals surface area contributed by atoms with E-state index in [-0.39, 0.29) is 0 Å². The first kappa shape index (κ1) is 14.3. The van der Waals surface area contributed by atoms with Crippen LogP contribution in [0.1, 0.15) is 13.8 Å². The van der Waals surface area contributed by atoms with Crippen molar-refractivity contribution in [3.05, 3.63) is 24.3 Å². The first-order valence-electron chi connectivity index (χ1n) is 5.93. The van der Waals surface area contributed by atoms with Crippen molar-refractivity contribution in [3.8, 4) is 5.75 Å². The molecule has 0 aliphatic rings. The fourth-order valence-corrected chi connectivity index (χ4v) is 1.35. The van der Waals surface area contributed by atoms with Gasteiger partial charge in [0.05, 0.1) is 7.11 Å². The smallest absolute Gasteiger partial charge is 0.411 e. The summed E-state index contributed by atoms with van der Waals surface area (Å²) in [6.45, 7) is 5.06. The van der Waals surface area contributed by atoms with Crippen molar-refractivity contribution in [1.82, 2.24) is 5.32 Å². The highest BCUT2D eigenvalue weighted by molar-refractivity contribution is 5.84. The lowest BCUT2D eigenvalue weighted by atomic mass is 10.3. The number of carbonyl (C=O) groups excluding carboxylic acids is 1. The molecule has 100 valence electrons. The fraction of sp³-hybridized carbons (Fsp3) is 0.462. The summed E-state index contributed by atoms with van der Waals surface area (Å²) in [6.07, 6.45) is -0.464. The van der Waals surface area contributed by atoms with E-state index in [1.165, 1.54) is 0 Å². The molecule has 0 aromatic heterocycles. The third-order valence-electron chi connectivity index (χ3n) is 2.20. The second kappa shape index (κ2) is 7.55. The summed E-state index contributed by atoms with van der Waals surface area (Å²) in [7, 11) is 1.58. The molecule has 0 bridgehead atoms. The maximum atomic E-state index is 11.5. The SMILES string of the molecule is COc1cccc(NC(=O)OCCNC(C)C)c1. The van der Waals surface area contributed by atoms with Crippen LogP contribution < -0.4 is 15.4 Å². The van der Waals surface area contributed by atoms with Crippen molar-refractivity contribution >= 4 is 11.8 Å². The van der Waals surface area contributed by atoms with E-state index in [0.717, 1.165) is 0 Å². The Bertz CT molecular complexity index is 380. The number of nitrogens with one attached hydrogen (secondary N) is 2. The van der Waals surface area contributed by atoms with Crippen LogP contribution in [0.3, 0.4) is 0 Å². The zero-order valence-electron chi connectivity index (χ0n) is 11.0. The summed E-state index contributed by atoms with van der Waals surface area (Å²) < 4.78 is 10.1. The molecule has 2 N–H and O–H groups in total. The van der Waals surface area contributed by atoms with Crippen molar-refractivity contribution in [1.29, 1.82) is 0 Å². The molecule has 1 aromatic rings. The second-order valence-corrected chi connectivity index (χ2v) is 4.10. The van der Waals surface area contributed by atoms with Crippen LogP contribution in [-0.2, 0) is 4.74 Å². The lowest BCUT2D eigenvalue weighted by molar-refractivity contribution is 0.161. The van der Waals surface area contributed by atoms with Crippen LogP contribution in [0.15, 0.2) is 24.3 Å². The standard InChI is InChI=1S/C13H20N2O3/c1-10(2)14-7-8-18-13(16)15-11-5-4-6-12(9-11)17-3/h4-6,9-10,14H,7-8H2,1-3H3,(H,15,16). The van der Waals surface area contributed by atoms with E-state index in [1.54, 1.807) is 25.3 Å². The molecule has 18 heavy (non-hydrogen) atoms. The number of ether oxygens (including phenoxy) is 2. The number of hydrogen-bond acceptors (Lipinski definition) is 4. The van der Waals surface area contributed by atoms with Crippen LogP contribution in [0.25, 0.3) is 0 Å². The highest BCUT2D eigenvalue weighted by Crippen LogP contribution is 2.16. The summed E-state index contributed by atoms with van der Waals surface area (Å²) in [5.74, 6) is 0.689. The van der Waals surface area contributed by atoms with E-state index in [9.17, 15) is 4.79 Å². The van der Waals surface area contributed by atoms with E-state index in [2.05, 4.69) is 10.6 Å². The lowest BCUT2D eigenvalue weighted by Gasteiger charge is -2.10. The molecular weight excluding hydrogens is 232 g/mol. The first-order chi connectivity index (χ1) is 8.61. The predicted octanol–water partition coefficient (Wildman–Crippen LogP) is 2.24. The van der Waals surface area contributed by atoms with E-state index in [4.69, 9.17) is 9.47 Å². The van der Waals surface area contributed by atoms with Gasteiger partial charge in [-0.05, 0) is 12.1 Å². The van der Waals surface area contributed by atoms with Crippen molar-refractivity contribution in [2.45, 2.75) is 19.9 Å². The van der Waals surface area contributed by atoms with Crippen LogP contribution >= 0.6 is 0 Å². The molecule has 0 aliphatic carbocycles. The van der Waals surface area contributed by atoms with Gasteiger partial charge in [-0.1, -0.05) is 19.9 Å². The number of anilines is 1. The van der Waals surface area contributed by atoms with Crippen molar-refractivity contribution in [2.24, 2.45) is 0 Å². The molecule has 1 amide bonds. The molecule has 0 spiro atoms. The number of carbonyl (C=O) groups is 1. The van der Waals surface area contributed by atoms with Gasteiger partial charge < -0.3 is 14.8 Å². The lowest BCUT2D eigenvalue weighted by Crippen LogP contribution is -2.28. The van der Waals surface area contributed by atoms with Gasteiger partial charge in [0.25, 0.3) is 0 Å². The monoisotopic (exact) mass is 252 g/mol. The average Bonchev–Trinajstić information content (AvgIpc) is 2.34. The fourth-order valence-electron chi connectivity index (χ4n) is 1.35. The zero-order chi connectivity index (χ0) is 13.4. The maximum Gasteiger partial charge on any atom is 0.411 e. The van der Waals surface area contributed by atoms with Crippen LogP contribution in [0, 0.1) is 0 Å². The molecule has 0 unspecified atom stereocenters. The van der Waals surface area contributed by atoms with Crippen LogP contribution in [-0.4, -0.2) is 32.4 Å². The second-order valence-electron chi connectivity index (χ2n) is 4.10. The van der Waals surface area contributed by atoms with Gasteiger partial charge in [0.15, 0.2) is 0 Å². The van der Waals surface area contributed by atoms with Gasteiger partial charge in [-0.3, -0.25) is 5.32 Å². The van der Waals surface area contributed by atoms with E-state index in [0.29, 0.717) is 30.6 Å². The molecule has 0 fully saturated rings. The van der Waals surface area contributed by atoms with Crippen LogP contribution in [0.2, 0.25) is 0 Å². The minimum absolute atomic E-state index is 0.341. The summed E-state index contributed by atoms with van der Waals surface area (Å²) in [5, 5.41) is 5.79. The van der Waals surface area contributed by atoms with E-state index >= 15 is 0 Å². The predicted molar refractivity (Wildman–Crippen MR) is 71.1 cm³/mol. The quantitative estimate of drug-likeness (QED) is 0.762. The summed E-state index contributed by atoms with van der Waals surface area (Å²) in [4.78, 5) is 11.5. The normalized spacial score (nSPS) is 10.2. The minimum atomic E-state index is -0.464. The molecule has 0 saturated heterocycles. The first-order valence-corrected chi connectivity index (χ1v) is 5.93. The van der Waals surface area contributed by atoms with Gasteiger partial charge in [0.1, 0.15) is 12.4 Å². The number of rotatable bonds is 6. The third kappa shape index (κ3) is 5.54. The van der Waals surface area contributed by atoms with Gasteiger partial charge in [-0.25, -0.2) is 4.79 Å². The Hall–Kier alpha value is -1.75. The Kier molecular flexibility index (Phi) is 6.00. The van der Waals surface area contributed by atoms with Crippen LogP contribution in [0.5, 0.6) is 5.75 Å². The zero-order valence-corrected chi connectivity index (χ0v) is 11.0. The van der Waals surface area contributed by atoms with Gasteiger partial charge >= 0.3 is 6.09 Å². The highest BCUT2D eigenvalue weighted by Gasteiger charge is 2.03. The average molecular weight is 252 g/mol. The number of hydrogen-bond donors (Lipinski definition) is 2. The van der Waals surface area contributed by atoms with Crippen molar-refractivity contribution in [3.63, 3.8) is 0 Å². The molecule has 0 atom stereocenters. The molecule has 1 rings (SSSR count).